The Labute approximate surface area is 247 Å². The smallest absolute Gasteiger partial charge is 0.275 e. The van der Waals surface area contributed by atoms with Gasteiger partial charge in [-0.2, -0.15) is 0 Å². The molecule has 2 atom stereocenters. The second-order valence-electron chi connectivity index (χ2n) is 12.1. The van der Waals surface area contributed by atoms with Gasteiger partial charge in [0.1, 0.15) is 29.3 Å². The molecule has 0 saturated heterocycles. The maximum Gasteiger partial charge on any atom is 0.275 e. The third-order valence-corrected chi connectivity index (χ3v) is 9.47. The fraction of sp³-hybridized carbons (Fsp3) is 0.531. The number of amides is 1. The molecule has 1 spiro atoms. The molecule has 4 rings (SSSR count). The number of aliphatic hydroxyl groups is 1. The summed E-state index contributed by atoms with van der Waals surface area (Å²) in [7, 11) is 0. The Balaban J connectivity index is 1.71. The number of carbonyl (C=O) groups is 1. The van der Waals surface area contributed by atoms with Gasteiger partial charge in [-0.3, -0.25) is 20.5 Å². The van der Waals surface area contributed by atoms with Gasteiger partial charge in [0.05, 0.1) is 17.6 Å². The average Bonchev–Trinajstić information content (AvgIpc) is 3.23. The minimum atomic E-state index is -0.965. The molecule has 0 aromatic heterocycles. The Morgan fingerprint density at radius 2 is 1.85 bits per heavy atom. The number of aliphatic hydroxyl groups excluding tert-OH is 1. The Bertz CT molecular complexity index is 1290. The number of nitrogens with one attached hydrogen (secondary N) is 2. The van der Waals surface area contributed by atoms with Crippen molar-refractivity contribution in [3.05, 3.63) is 70.0 Å². The highest BCUT2D eigenvalue weighted by molar-refractivity contribution is 6.47. The van der Waals surface area contributed by atoms with Gasteiger partial charge in [0, 0.05) is 5.56 Å². The highest BCUT2D eigenvalue weighted by atomic mass is 35.5. The van der Waals surface area contributed by atoms with E-state index < -0.39 is 17.7 Å². The van der Waals surface area contributed by atoms with Gasteiger partial charge in [-0.1, -0.05) is 76.4 Å². The van der Waals surface area contributed by atoms with Gasteiger partial charge in [0.25, 0.3) is 5.91 Å². The monoisotopic (exact) mass is 583 g/mol. The van der Waals surface area contributed by atoms with E-state index in [0.717, 1.165) is 50.5 Å². The zero-order valence-corrected chi connectivity index (χ0v) is 25.3. The Hall–Kier alpha value is -2.81. The van der Waals surface area contributed by atoms with Crippen molar-refractivity contribution >= 4 is 29.1 Å². The third-order valence-electron chi connectivity index (χ3n) is 9.18. The maximum atomic E-state index is 14.3. The van der Waals surface area contributed by atoms with Crippen LogP contribution in [0, 0.1) is 22.6 Å². The minimum Gasteiger partial charge on any atom is -0.387 e. The molecular weight excluding hydrogens is 541 g/mol. The fourth-order valence-electron chi connectivity index (χ4n) is 6.32. The van der Waals surface area contributed by atoms with E-state index >= 15 is 0 Å². The number of rotatable bonds is 11. The first-order chi connectivity index (χ1) is 19.4. The normalized spacial score (nSPS) is 22.6. The minimum absolute atomic E-state index is 0.0310. The Kier molecular flexibility index (Phi) is 9.56. The van der Waals surface area contributed by atoms with Crippen molar-refractivity contribution in [3.63, 3.8) is 0 Å². The number of hydrogen-bond donors (Lipinski definition) is 4. The van der Waals surface area contributed by atoms with E-state index in [4.69, 9.17) is 27.7 Å². The molecule has 41 heavy (non-hydrogen) atoms. The van der Waals surface area contributed by atoms with Crippen molar-refractivity contribution in [2.24, 2.45) is 22.1 Å². The molecule has 5 N–H and O–H groups in total. The SMILES string of the molecule is CCC[C@H](c1ccc(C(O)NCC(=N)N)cc1)N1C(=O)C(c2ccc(F)c(Cl)c2)=NC12CCC(C(C)(C)CC)CC2. The van der Waals surface area contributed by atoms with Gasteiger partial charge < -0.3 is 15.7 Å². The summed E-state index contributed by atoms with van der Waals surface area (Å²) < 4.78 is 14.0. The number of nitrogens with two attached hydrogens (primary N) is 1. The van der Waals surface area contributed by atoms with Crippen molar-refractivity contribution in [3.8, 4) is 0 Å². The molecule has 2 aromatic rings. The number of amidine groups is 1. The van der Waals surface area contributed by atoms with Crippen molar-refractivity contribution < 1.29 is 14.3 Å². The van der Waals surface area contributed by atoms with Crippen LogP contribution >= 0.6 is 11.6 Å². The van der Waals surface area contributed by atoms with Gasteiger partial charge in [-0.25, -0.2) is 4.39 Å². The van der Waals surface area contributed by atoms with E-state index in [1.807, 2.05) is 29.2 Å². The molecule has 9 heteroatoms. The summed E-state index contributed by atoms with van der Waals surface area (Å²) in [6.45, 7) is 9.06. The van der Waals surface area contributed by atoms with E-state index in [2.05, 4.69) is 33.0 Å². The van der Waals surface area contributed by atoms with Crippen LogP contribution in [0.1, 0.15) is 102 Å². The molecule has 0 radical (unpaired) electrons. The number of benzene rings is 2. The van der Waals surface area contributed by atoms with E-state index in [0.29, 0.717) is 22.8 Å². The lowest BCUT2D eigenvalue weighted by molar-refractivity contribution is -0.133. The third kappa shape index (κ3) is 6.50. The molecule has 7 nitrogen and oxygen atoms in total. The lowest BCUT2D eigenvalue weighted by Crippen LogP contribution is -2.51. The lowest BCUT2D eigenvalue weighted by Gasteiger charge is -2.48. The fourth-order valence-corrected chi connectivity index (χ4v) is 6.50. The van der Waals surface area contributed by atoms with Crippen LogP contribution in [0.15, 0.2) is 47.5 Å². The molecule has 1 heterocycles. The standard InChI is InChI=1S/C32H43ClFN5O2/c1-5-7-26(20-8-10-21(11-9-20)29(40)37-19-27(35)36)39-30(41)28(22-12-13-25(34)24(33)18-22)38-32(39)16-14-23(15-17-32)31(3,4)6-2/h8-13,18,23,26,29,37,40H,5-7,14-17,19H2,1-4H3,(H3,35,36)/t23?,26-,29?,32?/m1/s1. The second-order valence-corrected chi connectivity index (χ2v) is 12.6. The van der Waals surface area contributed by atoms with Crippen LogP contribution in [0.2, 0.25) is 5.02 Å². The summed E-state index contributed by atoms with van der Waals surface area (Å²) in [5, 5.41) is 20.7. The molecule has 222 valence electrons. The molecule has 2 aliphatic rings. The first-order valence-corrected chi connectivity index (χ1v) is 15.0. The van der Waals surface area contributed by atoms with Crippen molar-refractivity contribution in [1.29, 1.82) is 5.41 Å². The molecule has 1 aliphatic carbocycles. The molecule has 1 saturated carbocycles. The number of aliphatic imine (C=N–C) groups is 1. The first kappa shape index (κ1) is 31.1. The van der Waals surface area contributed by atoms with Crippen LogP contribution < -0.4 is 11.1 Å². The van der Waals surface area contributed by atoms with Gasteiger partial charge in [-0.05, 0) is 72.8 Å². The summed E-state index contributed by atoms with van der Waals surface area (Å²) in [5.41, 5.74) is 7.41. The molecule has 1 aliphatic heterocycles. The summed E-state index contributed by atoms with van der Waals surface area (Å²) in [6.07, 6.45) is 5.19. The predicted octanol–water partition coefficient (Wildman–Crippen LogP) is 6.49. The van der Waals surface area contributed by atoms with Gasteiger partial charge >= 0.3 is 0 Å². The first-order valence-electron chi connectivity index (χ1n) is 14.7. The zero-order valence-electron chi connectivity index (χ0n) is 24.5. The quantitative estimate of drug-likeness (QED) is 0.137. The highest BCUT2D eigenvalue weighted by Crippen LogP contribution is 2.50. The van der Waals surface area contributed by atoms with Crippen LogP contribution in [0.25, 0.3) is 0 Å². The topological polar surface area (TPSA) is 115 Å². The van der Waals surface area contributed by atoms with Crippen molar-refractivity contribution in [1.82, 2.24) is 10.2 Å². The summed E-state index contributed by atoms with van der Waals surface area (Å²) >= 11 is 6.13. The van der Waals surface area contributed by atoms with Crippen LogP contribution in [0.4, 0.5) is 4.39 Å². The van der Waals surface area contributed by atoms with E-state index in [1.54, 1.807) is 6.07 Å². The molecule has 1 unspecified atom stereocenters. The summed E-state index contributed by atoms with van der Waals surface area (Å²) in [4.78, 5) is 21.5. The van der Waals surface area contributed by atoms with Crippen molar-refractivity contribution in [2.75, 3.05) is 6.54 Å². The second kappa shape index (κ2) is 12.6. The van der Waals surface area contributed by atoms with Gasteiger partial charge in [0.15, 0.2) is 0 Å². The molecule has 0 bridgehead atoms. The molecule has 2 aromatic carbocycles. The van der Waals surface area contributed by atoms with Crippen LogP contribution in [-0.2, 0) is 4.79 Å². The maximum absolute atomic E-state index is 14.3. The van der Waals surface area contributed by atoms with Gasteiger partial charge in [0.2, 0.25) is 0 Å². The number of hydrogen-bond acceptors (Lipinski definition) is 5. The van der Waals surface area contributed by atoms with Crippen LogP contribution in [0.3, 0.4) is 0 Å². The average molecular weight is 584 g/mol. The lowest BCUT2D eigenvalue weighted by atomic mass is 9.67. The van der Waals surface area contributed by atoms with Gasteiger partial charge in [-0.15, -0.1) is 0 Å². The summed E-state index contributed by atoms with van der Waals surface area (Å²) in [5.74, 6) is -0.204. The number of carbonyl (C=O) groups excluding carboxylic acids is 1. The molecular formula is C32H43ClFN5O2. The van der Waals surface area contributed by atoms with Crippen LogP contribution in [0.5, 0.6) is 0 Å². The Morgan fingerprint density at radius 3 is 2.41 bits per heavy atom. The van der Waals surface area contributed by atoms with Crippen LogP contribution in [-0.4, -0.2) is 39.7 Å². The number of nitrogens with zero attached hydrogens (tertiary/aromatic N) is 2. The Morgan fingerprint density at radius 1 is 1.22 bits per heavy atom. The predicted molar refractivity (Wildman–Crippen MR) is 163 cm³/mol. The highest BCUT2D eigenvalue weighted by Gasteiger charge is 2.52. The molecule has 1 amide bonds. The summed E-state index contributed by atoms with van der Waals surface area (Å²) in [6, 6.07) is 11.7. The van der Waals surface area contributed by atoms with Crippen molar-refractivity contribution in [2.45, 2.75) is 90.6 Å². The van der Waals surface area contributed by atoms with E-state index in [-0.39, 0.29) is 34.8 Å². The molecule has 1 fully saturated rings. The van der Waals surface area contributed by atoms with E-state index in [1.165, 1.54) is 12.1 Å². The zero-order chi connectivity index (χ0) is 29.9. The largest absolute Gasteiger partial charge is 0.387 e. The number of halogens is 2. The van der Waals surface area contributed by atoms with E-state index in [9.17, 15) is 14.3 Å².